The van der Waals surface area contributed by atoms with Gasteiger partial charge in [0.05, 0.1) is 6.61 Å². The fourth-order valence-electron chi connectivity index (χ4n) is 3.34. The van der Waals surface area contributed by atoms with Gasteiger partial charge in [-0.15, -0.1) is 11.8 Å². The quantitative estimate of drug-likeness (QED) is 0.312. The number of benzene rings is 4. The highest BCUT2D eigenvalue weighted by Crippen LogP contribution is 2.23. The van der Waals surface area contributed by atoms with Gasteiger partial charge < -0.3 is 5.11 Å². The molecule has 4 aromatic carbocycles. The van der Waals surface area contributed by atoms with Gasteiger partial charge in [0.2, 0.25) is 0 Å². The lowest BCUT2D eigenvalue weighted by Crippen LogP contribution is -2.51. The average Bonchev–Trinajstić information content (AvgIpc) is 2.74. The smallest absolute Gasteiger partial charge is 0.154 e. The predicted octanol–water partition coefficient (Wildman–Crippen LogP) is 3.44. The van der Waals surface area contributed by atoms with E-state index < -0.39 is 8.80 Å². The van der Waals surface area contributed by atoms with E-state index in [1.54, 1.807) is 11.8 Å². The highest BCUT2D eigenvalue weighted by molar-refractivity contribution is 7.99. The van der Waals surface area contributed by atoms with Crippen molar-refractivity contribution in [2.24, 2.45) is 0 Å². The number of rotatable bonds is 6. The minimum absolute atomic E-state index is 0.210. The summed E-state index contributed by atoms with van der Waals surface area (Å²) in [5.41, 5.74) is 0. The van der Waals surface area contributed by atoms with Crippen LogP contribution in [0.25, 0.3) is 10.8 Å². The minimum atomic E-state index is -1.03. The first-order valence-corrected chi connectivity index (χ1v) is 11.6. The topological polar surface area (TPSA) is 20.2 Å². The highest BCUT2D eigenvalue weighted by Gasteiger charge is 2.19. The van der Waals surface area contributed by atoms with Crippen molar-refractivity contribution in [3.8, 4) is 0 Å². The number of hydrogen-bond donors (Lipinski definition) is 1. The zero-order valence-electron chi connectivity index (χ0n) is 15.0. The molecule has 4 aromatic rings. The Bertz CT molecular complexity index is 979. The molecule has 0 bridgehead atoms. The Morgan fingerprint density at radius 2 is 1.22 bits per heavy atom. The summed E-state index contributed by atoms with van der Waals surface area (Å²) in [5, 5.41) is 15.8. The maximum atomic E-state index is 9.04. The first-order valence-electron chi connectivity index (χ1n) is 9.11. The summed E-state index contributed by atoms with van der Waals surface area (Å²) in [6, 6.07) is 35.2. The molecule has 0 aromatic heterocycles. The van der Waals surface area contributed by atoms with Gasteiger partial charge in [0.1, 0.15) is 0 Å². The molecule has 1 radical (unpaired) electrons. The maximum absolute atomic E-state index is 9.04. The van der Waals surface area contributed by atoms with Crippen LogP contribution >= 0.6 is 11.8 Å². The lowest BCUT2D eigenvalue weighted by atomic mass is 10.1. The summed E-state index contributed by atoms with van der Waals surface area (Å²) in [6.45, 7) is 0.210. The summed E-state index contributed by atoms with van der Waals surface area (Å²) in [6.07, 6.45) is 0. The summed E-state index contributed by atoms with van der Waals surface area (Å²) >= 11 is 1.70. The van der Waals surface area contributed by atoms with Crippen molar-refractivity contribution >= 4 is 46.9 Å². The monoisotopic (exact) mass is 385 g/mol. The second kappa shape index (κ2) is 8.57. The lowest BCUT2D eigenvalue weighted by Gasteiger charge is -2.17. The number of aliphatic hydroxyl groups is 1. The van der Waals surface area contributed by atoms with Crippen molar-refractivity contribution in [3.63, 3.8) is 0 Å². The van der Waals surface area contributed by atoms with Crippen molar-refractivity contribution in [1.82, 2.24) is 0 Å². The molecule has 0 saturated carbocycles. The zero-order chi connectivity index (χ0) is 18.5. The van der Waals surface area contributed by atoms with E-state index in [0.717, 1.165) is 5.75 Å². The summed E-state index contributed by atoms with van der Waals surface area (Å²) < 4.78 is 0. The Morgan fingerprint density at radius 3 is 1.85 bits per heavy atom. The van der Waals surface area contributed by atoms with E-state index in [9.17, 15) is 0 Å². The molecule has 0 spiro atoms. The SMILES string of the molecule is OCCSc1ccc2cc([Si](c3ccccc3)c3ccccc3)ccc2c1. The van der Waals surface area contributed by atoms with E-state index in [1.807, 2.05) is 0 Å². The number of fused-ring (bicyclic) bond motifs is 1. The molecular formula is C24H21OSSi. The predicted molar refractivity (Wildman–Crippen MR) is 119 cm³/mol. The number of hydrogen-bond acceptors (Lipinski definition) is 2. The molecule has 0 amide bonds. The third kappa shape index (κ3) is 4.16. The second-order valence-electron chi connectivity index (χ2n) is 6.40. The van der Waals surface area contributed by atoms with Crippen molar-refractivity contribution in [3.05, 3.63) is 97.1 Å². The Labute approximate surface area is 166 Å². The van der Waals surface area contributed by atoms with Crippen LogP contribution in [0.5, 0.6) is 0 Å². The fourth-order valence-corrected chi connectivity index (χ4v) is 6.65. The van der Waals surface area contributed by atoms with E-state index in [1.165, 1.54) is 31.2 Å². The Hall–Kier alpha value is -2.33. The molecule has 0 aliphatic rings. The van der Waals surface area contributed by atoms with Crippen molar-refractivity contribution in [1.29, 1.82) is 0 Å². The minimum Gasteiger partial charge on any atom is -0.396 e. The van der Waals surface area contributed by atoms with E-state index in [4.69, 9.17) is 5.11 Å². The normalized spacial score (nSPS) is 11.2. The standard InChI is InChI=1S/C24H21OSSi/c25-15-16-26-21-13-11-20-18-24(14-12-19(20)17-21)27(22-7-3-1-4-8-22)23-9-5-2-6-10-23/h1-14,17-18,25H,15-16H2. The molecular weight excluding hydrogens is 364 g/mol. The molecule has 0 fully saturated rings. The molecule has 3 heteroatoms. The molecule has 0 unspecified atom stereocenters. The van der Waals surface area contributed by atoms with E-state index in [0.29, 0.717) is 0 Å². The molecule has 0 heterocycles. The van der Waals surface area contributed by atoms with Crippen molar-refractivity contribution < 1.29 is 5.11 Å². The second-order valence-corrected chi connectivity index (χ2v) is 10.1. The molecule has 1 nitrogen and oxygen atoms in total. The Morgan fingerprint density at radius 1 is 0.630 bits per heavy atom. The van der Waals surface area contributed by atoms with Gasteiger partial charge in [0, 0.05) is 10.6 Å². The lowest BCUT2D eigenvalue weighted by molar-refractivity contribution is 0.322. The molecule has 0 aliphatic heterocycles. The van der Waals surface area contributed by atoms with Gasteiger partial charge in [-0.3, -0.25) is 0 Å². The van der Waals surface area contributed by atoms with Crippen LogP contribution in [-0.2, 0) is 0 Å². The number of thioether (sulfide) groups is 1. The molecule has 1 N–H and O–H groups in total. The van der Waals surface area contributed by atoms with Gasteiger partial charge >= 0.3 is 0 Å². The third-order valence-corrected chi connectivity index (χ3v) is 8.27. The van der Waals surface area contributed by atoms with Crippen LogP contribution in [0, 0.1) is 0 Å². The van der Waals surface area contributed by atoms with Gasteiger partial charge in [0.15, 0.2) is 8.80 Å². The fraction of sp³-hybridized carbons (Fsp3) is 0.0833. The van der Waals surface area contributed by atoms with Crippen LogP contribution in [0.1, 0.15) is 0 Å². The maximum Gasteiger partial charge on any atom is 0.154 e. The Balaban J connectivity index is 1.77. The molecule has 133 valence electrons. The molecule has 4 rings (SSSR count). The van der Waals surface area contributed by atoms with Gasteiger partial charge in [-0.1, -0.05) is 95.3 Å². The van der Waals surface area contributed by atoms with Crippen LogP contribution in [0.4, 0.5) is 0 Å². The van der Waals surface area contributed by atoms with Crippen LogP contribution < -0.4 is 15.6 Å². The van der Waals surface area contributed by atoms with Gasteiger partial charge in [-0.05, 0) is 28.1 Å². The van der Waals surface area contributed by atoms with Gasteiger partial charge in [-0.2, -0.15) is 0 Å². The zero-order valence-corrected chi connectivity index (χ0v) is 16.8. The number of aliphatic hydroxyl groups excluding tert-OH is 1. The molecule has 0 aliphatic carbocycles. The van der Waals surface area contributed by atoms with Crippen molar-refractivity contribution in [2.75, 3.05) is 12.4 Å². The summed E-state index contributed by atoms with van der Waals surface area (Å²) in [5.74, 6) is 0.735. The third-order valence-electron chi connectivity index (χ3n) is 4.59. The summed E-state index contributed by atoms with van der Waals surface area (Å²) in [7, 11) is -1.03. The highest BCUT2D eigenvalue weighted by atomic mass is 32.2. The van der Waals surface area contributed by atoms with Crippen LogP contribution in [0.15, 0.2) is 102 Å². The first kappa shape index (κ1) is 18.0. The van der Waals surface area contributed by atoms with E-state index in [2.05, 4.69) is 97.1 Å². The van der Waals surface area contributed by atoms with Crippen molar-refractivity contribution in [2.45, 2.75) is 4.90 Å². The van der Waals surface area contributed by atoms with Gasteiger partial charge in [-0.25, -0.2) is 0 Å². The average molecular weight is 386 g/mol. The molecule has 0 atom stereocenters. The first-order chi connectivity index (χ1) is 13.3. The van der Waals surface area contributed by atoms with Gasteiger partial charge in [0.25, 0.3) is 0 Å². The summed E-state index contributed by atoms with van der Waals surface area (Å²) in [4.78, 5) is 1.21. The van der Waals surface area contributed by atoms with Crippen LogP contribution in [0.3, 0.4) is 0 Å². The van der Waals surface area contributed by atoms with Crippen LogP contribution in [-0.4, -0.2) is 26.3 Å². The van der Waals surface area contributed by atoms with E-state index >= 15 is 0 Å². The van der Waals surface area contributed by atoms with E-state index in [-0.39, 0.29) is 6.61 Å². The Kier molecular flexibility index (Phi) is 5.73. The molecule has 27 heavy (non-hydrogen) atoms. The largest absolute Gasteiger partial charge is 0.396 e. The van der Waals surface area contributed by atoms with Crippen LogP contribution in [0.2, 0.25) is 0 Å². The molecule has 0 saturated heterocycles.